The van der Waals surface area contributed by atoms with E-state index >= 15 is 0 Å². The molecule has 0 saturated heterocycles. The largest absolute Gasteiger partial charge is 0.355 e. The topological polar surface area (TPSA) is 72.2 Å². The Balaban J connectivity index is 3.25. The first-order valence-corrected chi connectivity index (χ1v) is 5.29. The van der Waals surface area contributed by atoms with Gasteiger partial charge in [-0.05, 0) is 13.3 Å². The minimum absolute atomic E-state index is 0.00435. The molecule has 13 heavy (non-hydrogen) atoms. The molecule has 0 bridgehead atoms. The smallest absolute Gasteiger partial charge is 0.220 e. The minimum atomic E-state index is -0.00435. The van der Waals surface area contributed by atoms with Gasteiger partial charge in [-0.15, -0.1) is 0 Å². The Bertz CT molecular complexity index is 174. The van der Waals surface area contributed by atoms with Gasteiger partial charge in [0, 0.05) is 25.1 Å². The predicted molar refractivity (Wildman–Crippen MR) is 54.2 cm³/mol. The van der Waals surface area contributed by atoms with Crippen molar-refractivity contribution in [1.82, 2.24) is 5.32 Å². The van der Waals surface area contributed by atoms with Crippen molar-refractivity contribution in [2.24, 2.45) is 5.14 Å². The highest BCUT2D eigenvalue weighted by Crippen LogP contribution is 1.95. The Morgan fingerprint density at radius 2 is 2.08 bits per heavy atom. The monoisotopic (exact) mass is 204 g/mol. The molecule has 5 heteroatoms. The fraction of sp³-hybridized carbons (Fsp3) is 0.750. The molecular weight excluding hydrogens is 188 g/mol. The quantitative estimate of drug-likeness (QED) is 0.467. The van der Waals surface area contributed by atoms with Crippen LogP contribution in [0.2, 0.25) is 0 Å². The number of Topliss-reactive ketones (excluding diaryl/α,β-unsaturated/α-hetero) is 1. The zero-order chi connectivity index (χ0) is 10.1. The van der Waals surface area contributed by atoms with Crippen LogP contribution in [0, 0.1) is 0 Å². The van der Waals surface area contributed by atoms with Gasteiger partial charge in [0.15, 0.2) is 0 Å². The molecule has 0 aliphatic rings. The molecule has 4 nitrogen and oxygen atoms in total. The molecule has 0 fully saturated rings. The van der Waals surface area contributed by atoms with Crippen LogP contribution in [0.1, 0.15) is 26.2 Å². The maximum absolute atomic E-state index is 11.0. The number of ketones is 1. The average Bonchev–Trinajstić information content (AvgIpc) is 2.04. The van der Waals surface area contributed by atoms with E-state index in [-0.39, 0.29) is 11.7 Å². The van der Waals surface area contributed by atoms with E-state index in [1.54, 1.807) is 0 Å². The van der Waals surface area contributed by atoms with E-state index < -0.39 is 0 Å². The zero-order valence-corrected chi connectivity index (χ0v) is 8.65. The molecule has 0 heterocycles. The predicted octanol–water partition coefficient (Wildman–Crippen LogP) is 0.469. The molecular formula is C8H16N2O2S. The second kappa shape index (κ2) is 8.07. The first-order valence-electron chi connectivity index (χ1n) is 4.24. The summed E-state index contributed by atoms with van der Waals surface area (Å²) in [4.78, 5) is 21.6. The molecule has 0 aliphatic heterocycles. The number of nitrogens with one attached hydrogen (secondary N) is 1. The van der Waals surface area contributed by atoms with E-state index in [1.807, 2.05) is 0 Å². The lowest BCUT2D eigenvalue weighted by atomic mass is 10.2. The second-order valence-corrected chi connectivity index (χ2v) is 3.52. The fourth-order valence-corrected chi connectivity index (χ4v) is 1.06. The highest BCUT2D eigenvalue weighted by molar-refractivity contribution is 7.97. The molecule has 1 amide bonds. The first kappa shape index (κ1) is 12.4. The minimum Gasteiger partial charge on any atom is -0.355 e. The van der Waals surface area contributed by atoms with Gasteiger partial charge < -0.3 is 10.1 Å². The average molecular weight is 204 g/mol. The van der Waals surface area contributed by atoms with E-state index in [0.29, 0.717) is 25.8 Å². The van der Waals surface area contributed by atoms with Crippen molar-refractivity contribution >= 4 is 23.6 Å². The maximum Gasteiger partial charge on any atom is 0.220 e. The zero-order valence-electron chi connectivity index (χ0n) is 7.84. The Hall–Kier alpha value is -0.550. The molecule has 0 aromatic carbocycles. The van der Waals surface area contributed by atoms with E-state index in [9.17, 15) is 9.59 Å². The summed E-state index contributed by atoms with van der Waals surface area (Å²) in [6, 6.07) is 0. The van der Waals surface area contributed by atoms with Gasteiger partial charge >= 0.3 is 0 Å². The molecule has 0 radical (unpaired) electrons. The normalized spacial score (nSPS) is 9.69. The van der Waals surface area contributed by atoms with Gasteiger partial charge in [0.1, 0.15) is 5.78 Å². The maximum atomic E-state index is 11.0. The highest BCUT2D eigenvalue weighted by Gasteiger charge is 2.00. The van der Waals surface area contributed by atoms with Crippen LogP contribution in [0.5, 0.6) is 0 Å². The molecule has 0 rings (SSSR count). The third kappa shape index (κ3) is 9.36. The molecule has 0 spiro atoms. The summed E-state index contributed by atoms with van der Waals surface area (Å²) in [7, 11) is 0. The lowest BCUT2D eigenvalue weighted by Crippen LogP contribution is -2.25. The van der Waals surface area contributed by atoms with Gasteiger partial charge in [-0.3, -0.25) is 9.93 Å². The summed E-state index contributed by atoms with van der Waals surface area (Å²) in [5.74, 6) is 0.846. The van der Waals surface area contributed by atoms with Gasteiger partial charge in [0.2, 0.25) is 5.91 Å². The number of hydrogen-bond acceptors (Lipinski definition) is 4. The standard InChI is InChI=1S/C8H16N2O2S/c1-7(11)3-2-4-8(12)10-5-6-13-9/h2-6,9H2,1H3,(H,10,12). The van der Waals surface area contributed by atoms with Crippen molar-refractivity contribution in [2.75, 3.05) is 12.3 Å². The third-order valence-electron chi connectivity index (χ3n) is 1.47. The Morgan fingerprint density at radius 3 is 2.62 bits per heavy atom. The van der Waals surface area contributed by atoms with Crippen molar-refractivity contribution in [3.8, 4) is 0 Å². The van der Waals surface area contributed by atoms with Crippen molar-refractivity contribution in [2.45, 2.75) is 26.2 Å². The van der Waals surface area contributed by atoms with Crippen LogP contribution in [-0.2, 0) is 9.59 Å². The van der Waals surface area contributed by atoms with Crippen LogP contribution in [0.4, 0.5) is 0 Å². The van der Waals surface area contributed by atoms with Crippen molar-refractivity contribution in [3.05, 3.63) is 0 Å². The number of amides is 1. The van der Waals surface area contributed by atoms with Crippen molar-refractivity contribution in [1.29, 1.82) is 0 Å². The molecule has 0 saturated carbocycles. The lowest BCUT2D eigenvalue weighted by molar-refractivity contribution is -0.121. The number of carbonyl (C=O) groups is 2. The van der Waals surface area contributed by atoms with Gasteiger partial charge in [0.25, 0.3) is 0 Å². The van der Waals surface area contributed by atoms with Gasteiger partial charge in [-0.2, -0.15) is 0 Å². The van der Waals surface area contributed by atoms with E-state index in [1.165, 1.54) is 18.9 Å². The third-order valence-corrected chi connectivity index (χ3v) is 1.91. The summed E-state index contributed by atoms with van der Waals surface area (Å²) in [5, 5.41) is 7.88. The Kier molecular flexibility index (Phi) is 7.73. The van der Waals surface area contributed by atoms with Crippen molar-refractivity contribution in [3.63, 3.8) is 0 Å². The number of rotatable bonds is 7. The molecule has 76 valence electrons. The van der Waals surface area contributed by atoms with Crippen LogP contribution in [0.25, 0.3) is 0 Å². The highest BCUT2D eigenvalue weighted by atomic mass is 32.2. The van der Waals surface area contributed by atoms with Gasteiger partial charge in [0.05, 0.1) is 0 Å². The number of nitrogens with two attached hydrogens (primary N) is 1. The van der Waals surface area contributed by atoms with Crippen LogP contribution in [0.3, 0.4) is 0 Å². The van der Waals surface area contributed by atoms with Crippen molar-refractivity contribution < 1.29 is 9.59 Å². The van der Waals surface area contributed by atoms with Crippen LogP contribution >= 0.6 is 11.9 Å². The Morgan fingerprint density at radius 1 is 1.38 bits per heavy atom. The number of hydrogen-bond donors (Lipinski definition) is 2. The summed E-state index contributed by atoms with van der Waals surface area (Å²) >= 11 is 1.20. The summed E-state index contributed by atoms with van der Waals surface area (Å²) < 4.78 is 0. The molecule has 0 aliphatic carbocycles. The summed E-state index contributed by atoms with van der Waals surface area (Å²) in [6.07, 6.45) is 1.55. The van der Waals surface area contributed by atoms with E-state index in [4.69, 9.17) is 5.14 Å². The van der Waals surface area contributed by atoms with E-state index in [2.05, 4.69) is 5.32 Å². The van der Waals surface area contributed by atoms with Gasteiger partial charge in [-0.1, -0.05) is 11.9 Å². The first-order chi connectivity index (χ1) is 6.16. The lowest BCUT2D eigenvalue weighted by Gasteiger charge is -2.02. The fourth-order valence-electron chi connectivity index (χ4n) is 0.836. The van der Waals surface area contributed by atoms with E-state index in [0.717, 1.165) is 5.75 Å². The molecule has 0 unspecified atom stereocenters. The molecule has 0 aromatic rings. The van der Waals surface area contributed by atoms with Crippen LogP contribution in [-0.4, -0.2) is 24.0 Å². The molecule has 0 atom stereocenters. The van der Waals surface area contributed by atoms with Crippen LogP contribution < -0.4 is 10.5 Å². The second-order valence-electron chi connectivity index (χ2n) is 2.78. The van der Waals surface area contributed by atoms with Gasteiger partial charge in [-0.25, -0.2) is 0 Å². The summed E-state index contributed by atoms with van der Waals surface area (Å²) in [5.41, 5.74) is 0. The van der Waals surface area contributed by atoms with Crippen LogP contribution in [0.15, 0.2) is 0 Å². The number of carbonyl (C=O) groups excluding carboxylic acids is 2. The molecule has 0 aromatic heterocycles. The Labute approximate surface area is 82.8 Å². The summed E-state index contributed by atoms with van der Waals surface area (Å²) in [6.45, 7) is 2.13. The SMILES string of the molecule is CC(=O)CCCC(=O)NCCSN. The molecule has 3 N–H and O–H groups in total.